The van der Waals surface area contributed by atoms with Crippen molar-refractivity contribution in [3.63, 3.8) is 0 Å². The summed E-state index contributed by atoms with van der Waals surface area (Å²) >= 11 is 5.34. The first-order valence-electron chi connectivity index (χ1n) is 6.06. The van der Waals surface area contributed by atoms with E-state index in [9.17, 15) is 4.79 Å². The summed E-state index contributed by atoms with van der Waals surface area (Å²) < 4.78 is 4.86. The molecule has 3 aromatic rings. The Hall–Kier alpha value is -2.39. The fraction of sp³-hybridized carbons (Fsp3) is 0. The Balaban J connectivity index is 1.91. The zero-order valence-electron chi connectivity index (χ0n) is 10.4. The van der Waals surface area contributed by atoms with E-state index in [-0.39, 0.29) is 5.76 Å². The second-order valence-corrected chi connectivity index (χ2v) is 4.64. The van der Waals surface area contributed by atoms with Gasteiger partial charge in [-0.2, -0.15) is 0 Å². The summed E-state index contributed by atoms with van der Waals surface area (Å²) in [7, 11) is 0. The van der Waals surface area contributed by atoms with Gasteiger partial charge < -0.3 is 4.52 Å². The molecule has 0 aliphatic carbocycles. The maximum absolute atomic E-state index is 11.0. The van der Waals surface area contributed by atoms with Gasteiger partial charge in [0.05, 0.1) is 0 Å². The first-order valence-corrected chi connectivity index (χ1v) is 6.44. The van der Waals surface area contributed by atoms with Gasteiger partial charge in [-0.05, 0) is 22.7 Å². The maximum atomic E-state index is 11.0. The molecular formula is C16H10ClNO2. The highest BCUT2D eigenvalue weighted by Crippen LogP contribution is 2.24. The highest BCUT2D eigenvalue weighted by atomic mass is 35.5. The molecule has 2 aromatic carbocycles. The number of rotatable bonds is 3. The Morgan fingerprint density at radius 1 is 0.900 bits per heavy atom. The van der Waals surface area contributed by atoms with Gasteiger partial charge in [0, 0.05) is 11.6 Å². The van der Waals surface area contributed by atoms with Crippen LogP contribution >= 0.6 is 11.6 Å². The molecule has 3 rings (SSSR count). The van der Waals surface area contributed by atoms with Crippen LogP contribution in [0.2, 0.25) is 0 Å². The van der Waals surface area contributed by atoms with Crippen molar-refractivity contribution in [1.82, 2.24) is 5.16 Å². The van der Waals surface area contributed by atoms with E-state index in [0.29, 0.717) is 5.69 Å². The lowest BCUT2D eigenvalue weighted by Crippen LogP contribution is -1.82. The molecule has 0 amide bonds. The fourth-order valence-electron chi connectivity index (χ4n) is 1.97. The first kappa shape index (κ1) is 12.6. The van der Waals surface area contributed by atoms with Gasteiger partial charge >= 0.3 is 0 Å². The van der Waals surface area contributed by atoms with Crippen LogP contribution in [-0.4, -0.2) is 10.4 Å². The molecule has 0 radical (unpaired) electrons. The molecule has 3 nitrogen and oxygen atoms in total. The third-order valence-electron chi connectivity index (χ3n) is 2.99. The minimum atomic E-state index is -0.648. The molecule has 20 heavy (non-hydrogen) atoms. The second-order valence-electron chi connectivity index (χ2n) is 4.29. The van der Waals surface area contributed by atoms with E-state index in [0.717, 1.165) is 16.7 Å². The molecular weight excluding hydrogens is 274 g/mol. The van der Waals surface area contributed by atoms with Crippen LogP contribution < -0.4 is 0 Å². The molecule has 0 aliphatic heterocycles. The minimum Gasteiger partial charge on any atom is -0.351 e. The number of carbonyl (C=O) groups excluding carboxylic acids is 1. The van der Waals surface area contributed by atoms with Gasteiger partial charge in [-0.1, -0.05) is 59.8 Å². The van der Waals surface area contributed by atoms with E-state index < -0.39 is 5.24 Å². The van der Waals surface area contributed by atoms with E-state index in [2.05, 4.69) is 17.3 Å². The van der Waals surface area contributed by atoms with E-state index in [4.69, 9.17) is 16.1 Å². The standard InChI is InChI=1S/C16H10ClNO2/c17-16(19)15-10-14(18-20-15)13-8-6-12(7-9-13)11-4-2-1-3-5-11/h1-10H. The number of aromatic nitrogens is 1. The molecule has 0 N–H and O–H groups in total. The molecule has 0 saturated heterocycles. The van der Waals surface area contributed by atoms with Crippen LogP contribution in [0.3, 0.4) is 0 Å². The molecule has 0 bridgehead atoms. The zero-order valence-corrected chi connectivity index (χ0v) is 11.2. The van der Waals surface area contributed by atoms with Crippen LogP contribution in [0, 0.1) is 0 Å². The smallest absolute Gasteiger partial charge is 0.290 e. The van der Waals surface area contributed by atoms with Gasteiger partial charge in [-0.3, -0.25) is 4.79 Å². The normalized spacial score (nSPS) is 10.4. The van der Waals surface area contributed by atoms with Crippen molar-refractivity contribution in [3.05, 3.63) is 66.4 Å². The highest BCUT2D eigenvalue weighted by Gasteiger charge is 2.11. The molecule has 1 aromatic heterocycles. The van der Waals surface area contributed by atoms with Crippen LogP contribution in [0.1, 0.15) is 10.6 Å². The van der Waals surface area contributed by atoms with Crippen LogP contribution in [0.4, 0.5) is 0 Å². The lowest BCUT2D eigenvalue weighted by molar-refractivity contribution is 0.104. The van der Waals surface area contributed by atoms with Crippen molar-refractivity contribution < 1.29 is 9.32 Å². The third kappa shape index (κ3) is 2.49. The Morgan fingerprint density at radius 3 is 2.10 bits per heavy atom. The van der Waals surface area contributed by atoms with Crippen molar-refractivity contribution in [1.29, 1.82) is 0 Å². The summed E-state index contributed by atoms with van der Waals surface area (Å²) in [6.07, 6.45) is 0. The Bertz CT molecular complexity index is 733. The second kappa shape index (κ2) is 5.31. The van der Waals surface area contributed by atoms with Crippen molar-refractivity contribution in [3.8, 4) is 22.4 Å². The predicted octanol–water partition coefficient (Wildman–Crippen LogP) is 4.39. The number of carbonyl (C=O) groups is 1. The molecule has 0 saturated carbocycles. The Kier molecular flexibility index (Phi) is 3.35. The molecule has 1 heterocycles. The van der Waals surface area contributed by atoms with Gasteiger partial charge in [-0.15, -0.1) is 0 Å². The number of nitrogens with zero attached hydrogens (tertiary/aromatic N) is 1. The van der Waals surface area contributed by atoms with E-state index in [1.54, 1.807) is 0 Å². The van der Waals surface area contributed by atoms with Crippen molar-refractivity contribution in [2.75, 3.05) is 0 Å². The van der Waals surface area contributed by atoms with Crippen LogP contribution in [0.5, 0.6) is 0 Å². The molecule has 98 valence electrons. The van der Waals surface area contributed by atoms with Gasteiger partial charge in [0.1, 0.15) is 5.69 Å². The quantitative estimate of drug-likeness (QED) is 0.670. The third-order valence-corrected chi connectivity index (χ3v) is 3.18. The summed E-state index contributed by atoms with van der Waals surface area (Å²) in [5.41, 5.74) is 3.73. The summed E-state index contributed by atoms with van der Waals surface area (Å²) in [5.74, 6) is 0.0498. The van der Waals surface area contributed by atoms with Gasteiger partial charge in [-0.25, -0.2) is 0 Å². The van der Waals surface area contributed by atoms with Crippen molar-refractivity contribution >= 4 is 16.8 Å². The van der Waals surface area contributed by atoms with Crippen LogP contribution in [-0.2, 0) is 0 Å². The lowest BCUT2D eigenvalue weighted by Gasteiger charge is -2.02. The molecule has 0 fully saturated rings. The van der Waals surface area contributed by atoms with Gasteiger partial charge in [0.25, 0.3) is 5.24 Å². The summed E-state index contributed by atoms with van der Waals surface area (Å²) in [4.78, 5) is 11.0. The molecule has 0 unspecified atom stereocenters. The van der Waals surface area contributed by atoms with Crippen molar-refractivity contribution in [2.45, 2.75) is 0 Å². The molecule has 0 atom stereocenters. The van der Waals surface area contributed by atoms with Crippen LogP contribution in [0.25, 0.3) is 22.4 Å². The number of halogens is 1. The largest absolute Gasteiger partial charge is 0.351 e. The number of benzene rings is 2. The predicted molar refractivity (Wildman–Crippen MR) is 77.6 cm³/mol. The Morgan fingerprint density at radius 2 is 1.50 bits per heavy atom. The maximum Gasteiger partial charge on any atom is 0.290 e. The molecule has 4 heteroatoms. The number of hydrogen-bond donors (Lipinski definition) is 0. The SMILES string of the molecule is O=C(Cl)c1cc(-c2ccc(-c3ccccc3)cc2)no1. The molecule has 0 aliphatic rings. The van der Waals surface area contributed by atoms with Crippen molar-refractivity contribution in [2.24, 2.45) is 0 Å². The average molecular weight is 284 g/mol. The van der Waals surface area contributed by atoms with E-state index in [1.165, 1.54) is 6.07 Å². The zero-order chi connectivity index (χ0) is 13.9. The fourth-order valence-corrected chi connectivity index (χ4v) is 2.06. The number of hydrogen-bond acceptors (Lipinski definition) is 3. The minimum absolute atomic E-state index is 0.0498. The monoisotopic (exact) mass is 283 g/mol. The van der Waals surface area contributed by atoms with E-state index >= 15 is 0 Å². The molecule has 0 spiro atoms. The Labute approximate surface area is 120 Å². The lowest BCUT2D eigenvalue weighted by atomic mass is 10.0. The first-order chi connectivity index (χ1) is 9.74. The topological polar surface area (TPSA) is 43.1 Å². The van der Waals surface area contributed by atoms with Gasteiger partial charge in [0.2, 0.25) is 5.76 Å². The van der Waals surface area contributed by atoms with Crippen LogP contribution in [0.15, 0.2) is 65.2 Å². The average Bonchev–Trinajstić information content (AvgIpc) is 2.98. The van der Waals surface area contributed by atoms with Gasteiger partial charge in [0.15, 0.2) is 0 Å². The summed E-state index contributed by atoms with van der Waals surface area (Å²) in [5, 5.41) is 3.18. The summed E-state index contributed by atoms with van der Waals surface area (Å²) in [6, 6.07) is 19.5. The van der Waals surface area contributed by atoms with E-state index in [1.807, 2.05) is 42.5 Å². The highest BCUT2D eigenvalue weighted by molar-refractivity contribution is 6.67. The summed E-state index contributed by atoms with van der Waals surface area (Å²) in [6.45, 7) is 0.